The first kappa shape index (κ1) is 18.1. The van der Waals surface area contributed by atoms with Crippen molar-refractivity contribution in [3.63, 3.8) is 0 Å². The summed E-state index contributed by atoms with van der Waals surface area (Å²) in [6.45, 7) is 7.81. The molecule has 0 atom stereocenters. The van der Waals surface area contributed by atoms with E-state index in [0.717, 1.165) is 49.0 Å². The lowest BCUT2D eigenvalue weighted by Gasteiger charge is -2.36. The lowest BCUT2D eigenvalue weighted by molar-refractivity contribution is 0.250. The minimum Gasteiger partial charge on any atom is -0.494 e. The molecular formula is C22H24ClN3O. The second-order valence-corrected chi connectivity index (χ2v) is 7.27. The molecule has 1 aliphatic rings. The highest BCUT2D eigenvalue weighted by molar-refractivity contribution is 6.31. The number of piperazine rings is 1. The first-order valence-electron chi connectivity index (χ1n) is 9.46. The highest BCUT2D eigenvalue weighted by Crippen LogP contribution is 2.28. The van der Waals surface area contributed by atoms with Crippen molar-refractivity contribution >= 4 is 28.2 Å². The van der Waals surface area contributed by atoms with Crippen LogP contribution in [0.1, 0.15) is 12.5 Å². The van der Waals surface area contributed by atoms with Crippen molar-refractivity contribution in [3.8, 4) is 5.75 Å². The molecule has 1 aliphatic heterocycles. The van der Waals surface area contributed by atoms with Gasteiger partial charge in [-0.15, -0.1) is 0 Å². The van der Waals surface area contributed by atoms with E-state index in [4.69, 9.17) is 16.3 Å². The summed E-state index contributed by atoms with van der Waals surface area (Å²) < 4.78 is 5.52. The summed E-state index contributed by atoms with van der Waals surface area (Å²) in [6.07, 6.45) is 1.88. The van der Waals surface area contributed by atoms with Gasteiger partial charge in [0.05, 0.1) is 12.1 Å². The van der Waals surface area contributed by atoms with E-state index in [-0.39, 0.29) is 0 Å². The molecule has 1 saturated heterocycles. The van der Waals surface area contributed by atoms with E-state index in [1.54, 1.807) is 0 Å². The van der Waals surface area contributed by atoms with Gasteiger partial charge < -0.3 is 9.64 Å². The van der Waals surface area contributed by atoms with Crippen LogP contribution in [0.25, 0.3) is 10.9 Å². The van der Waals surface area contributed by atoms with E-state index in [0.29, 0.717) is 6.61 Å². The highest BCUT2D eigenvalue weighted by atomic mass is 35.5. The summed E-state index contributed by atoms with van der Waals surface area (Å²) in [5.41, 5.74) is 3.53. The molecule has 27 heavy (non-hydrogen) atoms. The molecule has 2 aromatic carbocycles. The SMILES string of the molecule is CCOc1ccc(CN2CCN(c3ccnc4cc(Cl)ccc34)CC2)cc1. The molecule has 3 aromatic rings. The third kappa shape index (κ3) is 4.18. The average molecular weight is 382 g/mol. The van der Waals surface area contributed by atoms with Crippen molar-refractivity contribution in [1.29, 1.82) is 0 Å². The predicted octanol–water partition coefficient (Wildman–Crippen LogP) is 4.61. The fourth-order valence-corrected chi connectivity index (χ4v) is 3.81. The molecule has 1 aromatic heterocycles. The maximum absolute atomic E-state index is 6.11. The summed E-state index contributed by atoms with van der Waals surface area (Å²) in [7, 11) is 0. The quantitative estimate of drug-likeness (QED) is 0.645. The largest absolute Gasteiger partial charge is 0.494 e. The molecule has 5 heteroatoms. The van der Waals surface area contributed by atoms with Crippen molar-refractivity contribution in [2.24, 2.45) is 0 Å². The molecular weight excluding hydrogens is 358 g/mol. The standard InChI is InChI=1S/C22H24ClN3O/c1-2-27-19-6-3-17(4-7-19)16-25-11-13-26(14-12-25)22-9-10-24-21-15-18(23)5-8-20(21)22/h3-10,15H,2,11-14,16H2,1H3. The number of rotatable bonds is 5. The van der Waals surface area contributed by atoms with Crippen LogP contribution in [0.2, 0.25) is 5.02 Å². The lowest BCUT2D eigenvalue weighted by Crippen LogP contribution is -2.46. The Hall–Kier alpha value is -2.30. The van der Waals surface area contributed by atoms with Crippen LogP contribution in [0.3, 0.4) is 0 Å². The number of halogens is 1. The van der Waals surface area contributed by atoms with E-state index >= 15 is 0 Å². The average Bonchev–Trinajstić information content (AvgIpc) is 2.70. The van der Waals surface area contributed by atoms with E-state index in [2.05, 4.69) is 51.2 Å². The Balaban J connectivity index is 1.40. The Bertz CT molecular complexity index is 905. The molecule has 0 unspecified atom stereocenters. The van der Waals surface area contributed by atoms with Crippen molar-refractivity contribution < 1.29 is 4.74 Å². The van der Waals surface area contributed by atoms with Crippen LogP contribution >= 0.6 is 11.6 Å². The van der Waals surface area contributed by atoms with Gasteiger partial charge in [0.2, 0.25) is 0 Å². The van der Waals surface area contributed by atoms with Crippen molar-refractivity contribution in [2.75, 3.05) is 37.7 Å². The van der Waals surface area contributed by atoms with Crippen LogP contribution in [0.5, 0.6) is 5.75 Å². The van der Waals surface area contributed by atoms with Crippen molar-refractivity contribution in [3.05, 3.63) is 65.3 Å². The fraction of sp³-hybridized carbons (Fsp3) is 0.318. The smallest absolute Gasteiger partial charge is 0.119 e. The molecule has 0 radical (unpaired) electrons. The first-order valence-corrected chi connectivity index (χ1v) is 9.84. The second-order valence-electron chi connectivity index (χ2n) is 6.83. The van der Waals surface area contributed by atoms with Gasteiger partial charge in [0, 0.05) is 55.0 Å². The molecule has 0 N–H and O–H groups in total. The summed E-state index contributed by atoms with van der Waals surface area (Å²) in [4.78, 5) is 9.41. The zero-order valence-corrected chi connectivity index (χ0v) is 16.3. The van der Waals surface area contributed by atoms with Gasteiger partial charge in [0.25, 0.3) is 0 Å². The number of hydrogen-bond donors (Lipinski definition) is 0. The van der Waals surface area contributed by atoms with E-state index < -0.39 is 0 Å². The lowest BCUT2D eigenvalue weighted by atomic mass is 10.1. The molecule has 0 amide bonds. The number of fused-ring (bicyclic) bond motifs is 1. The predicted molar refractivity (Wildman–Crippen MR) is 112 cm³/mol. The van der Waals surface area contributed by atoms with E-state index in [1.165, 1.54) is 16.6 Å². The number of nitrogens with zero attached hydrogens (tertiary/aromatic N) is 3. The topological polar surface area (TPSA) is 28.6 Å². The van der Waals surface area contributed by atoms with Gasteiger partial charge >= 0.3 is 0 Å². The maximum atomic E-state index is 6.11. The van der Waals surface area contributed by atoms with Gasteiger partial charge in [0.1, 0.15) is 5.75 Å². The molecule has 1 fully saturated rings. The van der Waals surface area contributed by atoms with Gasteiger partial charge in [-0.25, -0.2) is 0 Å². The third-order valence-electron chi connectivity index (χ3n) is 5.04. The van der Waals surface area contributed by atoms with E-state index in [9.17, 15) is 0 Å². The van der Waals surface area contributed by atoms with Crippen LogP contribution in [-0.4, -0.2) is 42.7 Å². The summed E-state index contributed by atoms with van der Waals surface area (Å²) >= 11 is 6.11. The summed E-state index contributed by atoms with van der Waals surface area (Å²) in [6, 6.07) is 16.5. The number of aromatic nitrogens is 1. The van der Waals surface area contributed by atoms with Gasteiger partial charge in [-0.3, -0.25) is 9.88 Å². The number of anilines is 1. The molecule has 4 rings (SSSR count). The number of pyridine rings is 1. The zero-order chi connectivity index (χ0) is 18.6. The second kappa shape index (κ2) is 8.15. The number of ether oxygens (including phenoxy) is 1. The fourth-order valence-electron chi connectivity index (χ4n) is 3.64. The molecule has 2 heterocycles. The van der Waals surface area contributed by atoms with Gasteiger partial charge in [-0.05, 0) is 48.9 Å². The third-order valence-corrected chi connectivity index (χ3v) is 5.27. The Morgan fingerprint density at radius 2 is 1.78 bits per heavy atom. The van der Waals surface area contributed by atoms with Crippen LogP contribution < -0.4 is 9.64 Å². The first-order chi connectivity index (χ1) is 13.2. The Morgan fingerprint density at radius 1 is 1.00 bits per heavy atom. The molecule has 4 nitrogen and oxygen atoms in total. The van der Waals surface area contributed by atoms with Gasteiger partial charge in [0.15, 0.2) is 0 Å². The monoisotopic (exact) mass is 381 g/mol. The van der Waals surface area contributed by atoms with Crippen LogP contribution in [0.15, 0.2) is 54.7 Å². The summed E-state index contributed by atoms with van der Waals surface area (Å²) in [5.74, 6) is 0.940. The Labute approximate surface area is 165 Å². The Kier molecular flexibility index (Phi) is 5.46. The molecule has 0 spiro atoms. The van der Waals surface area contributed by atoms with Crippen molar-refractivity contribution in [1.82, 2.24) is 9.88 Å². The molecule has 0 aliphatic carbocycles. The minimum atomic E-state index is 0.706. The molecule has 0 bridgehead atoms. The maximum Gasteiger partial charge on any atom is 0.119 e. The molecule has 140 valence electrons. The number of hydrogen-bond acceptors (Lipinski definition) is 4. The Morgan fingerprint density at radius 3 is 2.52 bits per heavy atom. The van der Waals surface area contributed by atoms with Gasteiger partial charge in [-0.1, -0.05) is 23.7 Å². The van der Waals surface area contributed by atoms with Crippen LogP contribution in [0.4, 0.5) is 5.69 Å². The highest BCUT2D eigenvalue weighted by Gasteiger charge is 2.19. The zero-order valence-electron chi connectivity index (χ0n) is 15.6. The van der Waals surface area contributed by atoms with E-state index in [1.807, 2.05) is 25.3 Å². The number of benzene rings is 2. The van der Waals surface area contributed by atoms with Crippen LogP contribution in [0, 0.1) is 0 Å². The summed E-state index contributed by atoms with van der Waals surface area (Å²) in [5, 5.41) is 1.90. The molecule has 0 saturated carbocycles. The van der Waals surface area contributed by atoms with Crippen LogP contribution in [-0.2, 0) is 6.54 Å². The normalized spacial score (nSPS) is 15.3. The van der Waals surface area contributed by atoms with Crippen molar-refractivity contribution in [2.45, 2.75) is 13.5 Å². The minimum absolute atomic E-state index is 0.706. The van der Waals surface area contributed by atoms with Gasteiger partial charge in [-0.2, -0.15) is 0 Å².